The molecule has 0 aliphatic heterocycles. The van der Waals surface area contributed by atoms with Crippen molar-refractivity contribution in [1.82, 2.24) is 15.1 Å². The van der Waals surface area contributed by atoms with Crippen molar-refractivity contribution in [3.8, 4) is 0 Å². The third-order valence-corrected chi connectivity index (χ3v) is 5.02. The summed E-state index contributed by atoms with van der Waals surface area (Å²) in [6.45, 7) is 5.51. The number of nitrogens with one attached hydrogen (secondary N) is 2. The zero-order valence-corrected chi connectivity index (χ0v) is 17.3. The molecule has 1 heterocycles. The first-order valence-corrected chi connectivity index (χ1v) is 9.86. The van der Waals surface area contributed by atoms with Crippen LogP contribution in [0.2, 0.25) is 5.02 Å². The average molecular weight is 413 g/mol. The number of aliphatic hydroxyl groups is 1. The second-order valence-electron chi connectivity index (χ2n) is 6.85. The fraction of sp³-hybridized carbons (Fsp3) is 0.273. The van der Waals surface area contributed by atoms with E-state index in [0.717, 1.165) is 33.2 Å². The summed E-state index contributed by atoms with van der Waals surface area (Å²) in [5, 5.41) is 20.3. The van der Waals surface area contributed by atoms with Crippen LogP contribution in [-0.4, -0.2) is 33.9 Å². The number of rotatable bonds is 8. The molecule has 0 atom stereocenters. The molecule has 29 heavy (non-hydrogen) atoms. The number of aliphatic hydroxyl groups excluding tert-OH is 1. The van der Waals surface area contributed by atoms with Crippen molar-refractivity contribution < 1.29 is 9.90 Å². The number of carbonyl (C=O) groups excluding carboxylic acids is 1. The number of amides is 1. The molecule has 0 bridgehead atoms. The Kier molecular flexibility index (Phi) is 6.90. The van der Waals surface area contributed by atoms with Crippen molar-refractivity contribution in [3.05, 3.63) is 81.6 Å². The maximum absolute atomic E-state index is 12.1. The van der Waals surface area contributed by atoms with Crippen LogP contribution in [0.1, 0.15) is 32.9 Å². The van der Waals surface area contributed by atoms with E-state index in [1.165, 1.54) is 0 Å². The molecule has 0 spiro atoms. The molecule has 152 valence electrons. The third-order valence-electron chi connectivity index (χ3n) is 4.77. The Balaban J connectivity index is 1.69. The van der Waals surface area contributed by atoms with Crippen LogP contribution in [0.5, 0.6) is 0 Å². The quantitative estimate of drug-likeness (QED) is 0.528. The van der Waals surface area contributed by atoms with Crippen molar-refractivity contribution in [1.29, 1.82) is 0 Å². The second-order valence-corrected chi connectivity index (χ2v) is 7.28. The van der Waals surface area contributed by atoms with Crippen LogP contribution in [0, 0.1) is 13.8 Å². The van der Waals surface area contributed by atoms with Gasteiger partial charge >= 0.3 is 0 Å². The number of aryl methyl sites for hydroxylation is 1. The molecule has 0 saturated heterocycles. The Bertz CT molecular complexity index is 983. The SMILES string of the molecule is Cc1nn(Cc2ccc(Cl)cc2)c(C)c1CNc1cccc(C(=O)NCCO)c1. The van der Waals surface area contributed by atoms with E-state index in [1.807, 2.05) is 48.0 Å². The molecule has 0 aliphatic carbocycles. The first-order valence-electron chi connectivity index (χ1n) is 9.48. The molecule has 0 aliphatic rings. The summed E-state index contributed by atoms with van der Waals surface area (Å²) >= 11 is 5.96. The summed E-state index contributed by atoms with van der Waals surface area (Å²) in [6.07, 6.45) is 0. The van der Waals surface area contributed by atoms with Gasteiger partial charge in [0, 0.05) is 40.6 Å². The van der Waals surface area contributed by atoms with Crippen LogP contribution in [0.3, 0.4) is 0 Å². The lowest BCUT2D eigenvalue weighted by Crippen LogP contribution is -2.26. The van der Waals surface area contributed by atoms with Gasteiger partial charge in [-0.05, 0) is 49.7 Å². The number of aromatic nitrogens is 2. The molecule has 0 unspecified atom stereocenters. The Morgan fingerprint density at radius 1 is 1.17 bits per heavy atom. The molecule has 0 radical (unpaired) electrons. The summed E-state index contributed by atoms with van der Waals surface area (Å²) in [5.74, 6) is -0.203. The molecule has 0 saturated carbocycles. The highest BCUT2D eigenvalue weighted by molar-refractivity contribution is 6.30. The topological polar surface area (TPSA) is 79.2 Å². The van der Waals surface area contributed by atoms with E-state index >= 15 is 0 Å². The van der Waals surface area contributed by atoms with E-state index < -0.39 is 0 Å². The van der Waals surface area contributed by atoms with Crippen molar-refractivity contribution in [2.45, 2.75) is 26.9 Å². The molecular formula is C22H25ClN4O2. The highest BCUT2D eigenvalue weighted by Gasteiger charge is 2.12. The Morgan fingerprint density at radius 2 is 1.93 bits per heavy atom. The van der Waals surface area contributed by atoms with Crippen LogP contribution in [0.15, 0.2) is 48.5 Å². The molecule has 3 N–H and O–H groups in total. The maximum atomic E-state index is 12.1. The molecule has 3 rings (SSSR count). The Labute approximate surface area is 175 Å². The number of benzene rings is 2. The smallest absolute Gasteiger partial charge is 0.251 e. The molecular weight excluding hydrogens is 388 g/mol. The standard InChI is InChI=1S/C22H25ClN4O2/c1-15-21(16(2)27(26-15)14-17-6-8-19(23)9-7-17)13-25-20-5-3-4-18(12-20)22(29)24-10-11-28/h3-9,12,25,28H,10-11,13-14H2,1-2H3,(H,24,29). The summed E-state index contributed by atoms with van der Waals surface area (Å²) in [7, 11) is 0. The van der Waals surface area contributed by atoms with Crippen LogP contribution in [-0.2, 0) is 13.1 Å². The van der Waals surface area contributed by atoms with Gasteiger partial charge in [-0.1, -0.05) is 29.8 Å². The number of carbonyl (C=O) groups is 1. The Hall–Kier alpha value is -2.83. The van der Waals surface area contributed by atoms with E-state index in [0.29, 0.717) is 18.7 Å². The minimum atomic E-state index is -0.203. The van der Waals surface area contributed by atoms with Gasteiger partial charge in [-0.15, -0.1) is 0 Å². The number of anilines is 1. The van der Waals surface area contributed by atoms with E-state index in [9.17, 15) is 4.79 Å². The van der Waals surface area contributed by atoms with Crippen LogP contribution in [0.25, 0.3) is 0 Å². The summed E-state index contributed by atoms with van der Waals surface area (Å²) < 4.78 is 1.99. The highest BCUT2D eigenvalue weighted by atomic mass is 35.5. The highest BCUT2D eigenvalue weighted by Crippen LogP contribution is 2.19. The van der Waals surface area contributed by atoms with Crippen LogP contribution >= 0.6 is 11.6 Å². The van der Waals surface area contributed by atoms with Crippen LogP contribution < -0.4 is 10.6 Å². The fourth-order valence-electron chi connectivity index (χ4n) is 3.14. The zero-order valence-electron chi connectivity index (χ0n) is 16.6. The molecule has 0 fully saturated rings. The van der Waals surface area contributed by atoms with E-state index in [1.54, 1.807) is 12.1 Å². The lowest BCUT2D eigenvalue weighted by Gasteiger charge is -2.10. The minimum Gasteiger partial charge on any atom is -0.395 e. The number of hydrogen-bond acceptors (Lipinski definition) is 4. The summed E-state index contributed by atoms with van der Waals surface area (Å²) in [5.41, 5.74) is 5.75. The average Bonchev–Trinajstić information content (AvgIpc) is 2.99. The van der Waals surface area contributed by atoms with Gasteiger partial charge in [0.25, 0.3) is 5.91 Å². The predicted octanol–water partition coefficient (Wildman–Crippen LogP) is 3.54. The van der Waals surface area contributed by atoms with Gasteiger partial charge in [-0.25, -0.2) is 0 Å². The first kappa shape index (κ1) is 20.9. The largest absolute Gasteiger partial charge is 0.395 e. The molecule has 1 amide bonds. The molecule has 7 heteroatoms. The van der Waals surface area contributed by atoms with Crippen LogP contribution in [0.4, 0.5) is 5.69 Å². The lowest BCUT2D eigenvalue weighted by atomic mass is 10.1. The number of halogens is 1. The molecule has 3 aromatic rings. The van der Waals surface area contributed by atoms with Crippen molar-refractivity contribution >= 4 is 23.2 Å². The first-order chi connectivity index (χ1) is 14.0. The normalized spacial score (nSPS) is 10.8. The maximum Gasteiger partial charge on any atom is 0.251 e. The number of hydrogen-bond donors (Lipinski definition) is 3. The lowest BCUT2D eigenvalue weighted by molar-refractivity contribution is 0.0945. The third kappa shape index (κ3) is 5.37. The van der Waals surface area contributed by atoms with Gasteiger partial charge in [0.2, 0.25) is 0 Å². The minimum absolute atomic E-state index is 0.0811. The summed E-state index contributed by atoms with van der Waals surface area (Å²) in [4.78, 5) is 12.1. The van der Waals surface area contributed by atoms with Crippen molar-refractivity contribution in [2.75, 3.05) is 18.5 Å². The summed E-state index contributed by atoms with van der Waals surface area (Å²) in [6, 6.07) is 15.1. The zero-order chi connectivity index (χ0) is 20.8. The van der Waals surface area contributed by atoms with E-state index in [-0.39, 0.29) is 19.1 Å². The number of nitrogens with zero attached hydrogens (tertiary/aromatic N) is 2. The van der Waals surface area contributed by atoms with Gasteiger partial charge in [0.05, 0.1) is 18.8 Å². The van der Waals surface area contributed by atoms with E-state index in [4.69, 9.17) is 16.7 Å². The van der Waals surface area contributed by atoms with Crippen molar-refractivity contribution in [3.63, 3.8) is 0 Å². The molecule has 6 nitrogen and oxygen atoms in total. The monoisotopic (exact) mass is 412 g/mol. The van der Waals surface area contributed by atoms with Gasteiger partial charge < -0.3 is 15.7 Å². The van der Waals surface area contributed by atoms with Gasteiger partial charge in [0.1, 0.15) is 0 Å². The second kappa shape index (κ2) is 9.58. The molecule has 1 aromatic heterocycles. The fourth-order valence-corrected chi connectivity index (χ4v) is 3.26. The van der Waals surface area contributed by atoms with Gasteiger partial charge in [-0.3, -0.25) is 9.48 Å². The van der Waals surface area contributed by atoms with Crippen molar-refractivity contribution in [2.24, 2.45) is 0 Å². The Morgan fingerprint density at radius 3 is 2.66 bits per heavy atom. The van der Waals surface area contributed by atoms with E-state index in [2.05, 4.69) is 22.7 Å². The predicted molar refractivity (Wildman–Crippen MR) is 115 cm³/mol. The molecule has 2 aromatic carbocycles. The van der Waals surface area contributed by atoms with Gasteiger partial charge in [-0.2, -0.15) is 5.10 Å². The van der Waals surface area contributed by atoms with Gasteiger partial charge in [0.15, 0.2) is 0 Å².